The van der Waals surface area contributed by atoms with Crippen molar-refractivity contribution in [2.45, 2.75) is 50.2 Å². The lowest BCUT2D eigenvalue weighted by molar-refractivity contribution is -0.127. The molecule has 0 saturated heterocycles. The molecule has 1 unspecified atom stereocenters. The van der Waals surface area contributed by atoms with Gasteiger partial charge in [-0.05, 0) is 38.2 Å². The molecule has 20 heavy (non-hydrogen) atoms. The summed E-state index contributed by atoms with van der Waals surface area (Å²) in [6, 6.07) is 11.3. The lowest BCUT2D eigenvalue weighted by Gasteiger charge is -2.27. The predicted molar refractivity (Wildman–Crippen MR) is 75.6 cm³/mol. The highest BCUT2D eigenvalue weighted by atomic mass is 16.3. The maximum absolute atomic E-state index is 12.1. The number of hydrogen-bond donors (Lipinski definition) is 2. The summed E-state index contributed by atoms with van der Waals surface area (Å²) in [7, 11) is 0. The summed E-state index contributed by atoms with van der Waals surface area (Å²) in [5.41, 5.74) is -1.25. The highest BCUT2D eigenvalue weighted by Crippen LogP contribution is 2.30. The number of amides is 1. The first-order chi connectivity index (χ1) is 9.47. The average molecular weight is 272 g/mol. The average Bonchev–Trinajstić information content (AvgIpc) is 2.88. The third-order valence-electron chi connectivity index (χ3n) is 3.95. The van der Waals surface area contributed by atoms with Crippen LogP contribution < -0.4 is 5.32 Å². The summed E-state index contributed by atoms with van der Waals surface area (Å²) < 4.78 is 0. The SMILES string of the molecule is CC(O)(CC(=O)NC1(C#N)CCCC1)c1ccccc1. The third kappa shape index (κ3) is 3.17. The van der Waals surface area contributed by atoms with Crippen LogP contribution in [0.1, 0.15) is 44.6 Å². The molecule has 0 spiro atoms. The molecule has 0 heterocycles. The number of carbonyl (C=O) groups is 1. The van der Waals surface area contributed by atoms with E-state index in [0.29, 0.717) is 18.4 Å². The van der Waals surface area contributed by atoms with Crippen molar-refractivity contribution in [3.05, 3.63) is 35.9 Å². The first-order valence-electron chi connectivity index (χ1n) is 6.98. The van der Waals surface area contributed by atoms with E-state index in [-0.39, 0.29) is 12.3 Å². The first-order valence-corrected chi connectivity index (χ1v) is 6.98. The molecule has 0 aliphatic heterocycles. The minimum absolute atomic E-state index is 0.0412. The number of aliphatic hydroxyl groups is 1. The minimum atomic E-state index is -1.22. The van der Waals surface area contributed by atoms with Crippen LogP contribution in [0.15, 0.2) is 30.3 Å². The first kappa shape index (κ1) is 14.5. The molecule has 1 amide bonds. The molecule has 1 aliphatic rings. The number of nitriles is 1. The summed E-state index contributed by atoms with van der Waals surface area (Å²) in [6.07, 6.45) is 3.28. The normalized spacial score (nSPS) is 19.9. The van der Waals surface area contributed by atoms with Gasteiger partial charge in [0.05, 0.1) is 18.1 Å². The van der Waals surface area contributed by atoms with E-state index in [9.17, 15) is 15.2 Å². The van der Waals surface area contributed by atoms with Gasteiger partial charge in [0.25, 0.3) is 0 Å². The van der Waals surface area contributed by atoms with Crippen LogP contribution in [0.2, 0.25) is 0 Å². The van der Waals surface area contributed by atoms with Gasteiger partial charge in [0.2, 0.25) is 5.91 Å². The Balaban J connectivity index is 2.03. The van der Waals surface area contributed by atoms with Crippen LogP contribution in [0.25, 0.3) is 0 Å². The lowest BCUT2D eigenvalue weighted by atomic mass is 9.91. The van der Waals surface area contributed by atoms with E-state index in [1.54, 1.807) is 19.1 Å². The summed E-state index contributed by atoms with van der Waals surface area (Å²) in [5, 5.41) is 22.5. The van der Waals surface area contributed by atoms with E-state index in [2.05, 4.69) is 11.4 Å². The van der Waals surface area contributed by atoms with E-state index in [1.165, 1.54) is 0 Å². The van der Waals surface area contributed by atoms with Crippen LogP contribution in [0.5, 0.6) is 0 Å². The molecule has 1 atom stereocenters. The van der Waals surface area contributed by atoms with Crippen molar-refractivity contribution in [2.24, 2.45) is 0 Å². The summed E-state index contributed by atoms with van der Waals surface area (Å²) in [4.78, 5) is 12.1. The lowest BCUT2D eigenvalue weighted by Crippen LogP contribution is -2.47. The standard InChI is InChI=1S/C16H20N2O2/c1-15(20,13-7-3-2-4-8-13)11-14(19)18-16(12-17)9-5-6-10-16/h2-4,7-8,20H,5-6,9-11H2,1H3,(H,18,19). The Hall–Kier alpha value is -1.86. The highest BCUT2D eigenvalue weighted by molar-refractivity contribution is 5.78. The maximum Gasteiger partial charge on any atom is 0.224 e. The molecule has 2 rings (SSSR count). The van der Waals surface area contributed by atoms with Crippen molar-refractivity contribution in [3.63, 3.8) is 0 Å². The number of hydrogen-bond acceptors (Lipinski definition) is 3. The van der Waals surface area contributed by atoms with Crippen molar-refractivity contribution in [1.29, 1.82) is 5.26 Å². The van der Waals surface area contributed by atoms with Gasteiger partial charge in [-0.3, -0.25) is 4.79 Å². The zero-order valence-electron chi connectivity index (χ0n) is 11.7. The van der Waals surface area contributed by atoms with Gasteiger partial charge < -0.3 is 10.4 Å². The molecule has 106 valence electrons. The molecule has 0 radical (unpaired) electrons. The Kier molecular flexibility index (Phi) is 4.10. The maximum atomic E-state index is 12.1. The zero-order chi connectivity index (χ0) is 14.6. The van der Waals surface area contributed by atoms with Crippen molar-refractivity contribution >= 4 is 5.91 Å². The van der Waals surface area contributed by atoms with Crippen molar-refractivity contribution in [3.8, 4) is 6.07 Å². The largest absolute Gasteiger partial charge is 0.385 e. The molecule has 1 saturated carbocycles. The van der Waals surface area contributed by atoms with Crippen molar-refractivity contribution in [1.82, 2.24) is 5.32 Å². The second-order valence-electron chi connectivity index (χ2n) is 5.77. The van der Waals surface area contributed by atoms with Crippen LogP contribution in [0, 0.1) is 11.3 Å². The third-order valence-corrected chi connectivity index (χ3v) is 3.95. The second-order valence-corrected chi connectivity index (χ2v) is 5.77. The van der Waals surface area contributed by atoms with E-state index in [0.717, 1.165) is 12.8 Å². The number of rotatable bonds is 4. The molecule has 2 N–H and O–H groups in total. The quantitative estimate of drug-likeness (QED) is 0.882. The highest BCUT2D eigenvalue weighted by Gasteiger charge is 2.37. The van der Waals surface area contributed by atoms with E-state index in [1.807, 2.05) is 18.2 Å². The number of carbonyl (C=O) groups excluding carboxylic acids is 1. The Morgan fingerprint density at radius 2 is 2.00 bits per heavy atom. The smallest absolute Gasteiger partial charge is 0.224 e. The van der Waals surface area contributed by atoms with Gasteiger partial charge in [-0.2, -0.15) is 5.26 Å². The molecule has 0 bridgehead atoms. The molecule has 1 aliphatic carbocycles. The fourth-order valence-electron chi connectivity index (χ4n) is 2.77. The van der Waals surface area contributed by atoms with Crippen LogP contribution in [-0.4, -0.2) is 16.6 Å². The van der Waals surface area contributed by atoms with E-state index in [4.69, 9.17) is 0 Å². The van der Waals surface area contributed by atoms with Gasteiger partial charge >= 0.3 is 0 Å². The molecule has 1 fully saturated rings. The Morgan fingerprint density at radius 3 is 2.55 bits per heavy atom. The van der Waals surface area contributed by atoms with Gasteiger partial charge in [0.1, 0.15) is 5.54 Å². The van der Waals surface area contributed by atoms with Crippen LogP contribution >= 0.6 is 0 Å². The Bertz CT molecular complexity index is 511. The fourth-order valence-corrected chi connectivity index (χ4v) is 2.77. The molecular formula is C16H20N2O2. The molecule has 4 nitrogen and oxygen atoms in total. The molecule has 1 aromatic carbocycles. The monoisotopic (exact) mass is 272 g/mol. The minimum Gasteiger partial charge on any atom is -0.385 e. The van der Waals surface area contributed by atoms with Crippen LogP contribution in [0.4, 0.5) is 0 Å². The molecular weight excluding hydrogens is 252 g/mol. The molecule has 1 aromatic rings. The zero-order valence-corrected chi connectivity index (χ0v) is 11.7. The van der Waals surface area contributed by atoms with Crippen molar-refractivity contribution in [2.75, 3.05) is 0 Å². The predicted octanol–water partition coefficient (Wildman–Crippen LogP) is 2.24. The van der Waals surface area contributed by atoms with E-state index >= 15 is 0 Å². The van der Waals surface area contributed by atoms with Crippen molar-refractivity contribution < 1.29 is 9.90 Å². The second kappa shape index (κ2) is 5.64. The summed E-state index contributed by atoms with van der Waals surface area (Å²) >= 11 is 0. The van der Waals surface area contributed by atoms with Gasteiger partial charge in [-0.25, -0.2) is 0 Å². The summed E-state index contributed by atoms with van der Waals surface area (Å²) in [5.74, 6) is -0.276. The van der Waals surface area contributed by atoms with Crippen LogP contribution in [0.3, 0.4) is 0 Å². The van der Waals surface area contributed by atoms with Gasteiger partial charge in [-0.15, -0.1) is 0 Å². The fraction of sp³-hybridized carbons (Fsp3) is 0.500. The molecule has 4 heteroatoms. The van der Waals surface area contributed by atoms with Gasteiger partial charge in [0, 0.05) is 0 Å². The van der Waals surface area contributed by atoms with Crippen LogP contribution in [-0.2, 0) is 10.4 Å². The summed E-state index contributed by atoms with van der Waals surface area (Å²) in [6.45, 7) is 1.62. The van der Waals surface area contributed by atoms with Gasteiger partial charge in [0.15, 0.2) is 0 Å². The van der Waals surface area contributed by atoms with E-state index < -0.39 is 11.1 Å². The molecule has 0 aromatic heterocycles. The number of benzene rings is 1. The number of nitrogens with one attached hydrogen (secondary N) is 1. The Labute approximate surface area is 119 Å². The number of nitrogens with zero attached hydrogens (tertiary/aromatic N) is 1. The Morgan fingerprint density at radius 1 is 1.40 bits per heavy atom. The topological polar surface area (TPSA) is 73.1 Å². The van der Waals surface area contributed by atoms with Gasteiger partial charge in [-0.1, -0.05) is 30.3 Å².